The van der Waals surface area contributed by atoms with E-state index in [1.807, 2.05) is 41.4 Å². The predicted molar refractivity (Wildman–Crippen MR) is 106 cm³/mol. The average Bonchev–Trinajstić information content (AvgIpc) is 2.67. The smallest absolute Gasteiger partial charge is 0.219 e. The number of benzene rings is 1. The summed E-state index contributed by atoms with van der Waals surface area (Å²) in [5.41, 5.74) is 2.11. The number of aromatic nitrogens is 1. The Kier molecular flexibility index (Phi) is 5.71. The number of carbonyl (C=O) groups is 1. The molecule has 136 valence electrons. The van der Waals surface area contributed by atoms with Gasteiger partial charge in [0.25, 0.3) is 0 Å². The van der Waals surface area contributed by atoms with E-state index in [2.05, 4.69) is 23.7 Å². The highest BCUT2D eigenvalue weighted by molar-refractivity contribution is 5.88. The molecule has 0 saturated carbocycles. The summed E-state index contributed by atoms with van der Waals surface area (Å²) < 4.78 is 5.34. The molecule has 0 aliphatic carbocycles. The molecule has 1 aliphatic rings. The number of likely N-dealkylation sites (tertiary alicyclic amines) is 1. The normalized spacial score (nSPS) is 20.5. The molecule has 1 fully saturated rings. The minimum Gasteiger partial charge on any atom is -0.497 e. The third-order valence-electron chi connectivity index (χ3n) is 5.27. The molecule has 26 heavy (non-hydrogen) atoms. The highest BCUT2D eigenvalue weighted by Gasteiger charge is 2.27. The highest BCUT2D eigenvalue weighted by atomic mass is 16.5. The number of fused-ring (bicyclic) bond motifs is 1. The Labute approximate surface area is 155 Å². The summed E-state index contributed by atoms with van der Waals surface area (Å²) in [5.74, 6) is 1.88. The lowest BCUT2D eigenvalue weighted by Gasteiger charge is -2.36. The molecule has 1 unspecified atom stereocenters. The standard InChI is InChI=1S/C22H26N2O2/c1-4-17-15-24(16(2)25)13-11-18(17)6-5-7-19-10-12-23-22-9-8-20(26-3)14-21(19)22/h4-5,7-10,12,14,17-18H,1,6,11,13,15H2,2-3H3/t17-,18?/m0/s1. The van der Waals surface area contributed by atoms with E-state index in [9.17, 15) is 4.79 Å². The van der Waals surface area contributed by atoms with Crippen molar-refractivity contribution in [3.05, 3.63) is 54.8 Å². The summed E-state index contributed by atoms with van der Waals surface area (Å²) in [4.78, 5) is 18.0. The Morgan fingerprint density at radius 3 is 3.00 bits per heavy atom. The van der Waals surface area contributed by atoms with Crippen molar-refractivity contribution < 1.29 is 9.53 Å². The minimum absolute atomic E-state index is 0.156. The number of allylic oxidation sites excluding steroid dienone is 1. The monoisotopic (exact) mass is 350 g/mol. The molecule has 0 bridgehead atoms. The molecule has 1 aromatic carbocycles. The Morgan fingerprint density at radius 2 is 2.27 bits per heavy atom. The SMILES string of the molecule is C=C[C@H]1CN(C(C)=O)CCC1CC=Cc1ccnc2ccc(OC)cc12. The van der Waals surface area contributed by atoms with E-state index in [4.69, 9.17) is 4.74 Å². The molecular formula is C22H26N2O2. The molecule has 1 saturated heterocycles. The topological polar surface area (TPSA) is 42.4 Å². The molecule has 1 aliphatic heterocycles. The fraction of sp³-hybridized carbons (Fsp3) is 0.364. The van der Waals surface area contributed by atoms with Crippen molar-refractivity contribution in [3.63, 3.8) is 0 Å². The van der Waals surface area contributed by atoms with Gasteiger partial charge in [0.1, 0.15) is 5.75 Å². The lowest BCUT2D eigenvalue weighted by molar-refractivity contribution is -0.130. The molecule has 3 rings (SSSR count). The molecule has 2 aromatic rings. The van der Waals surface area contributed by atoms with Gasteiger partial charge in [0, 0.05) is 31.6 Å². The quantitative estimate of drug-likeness (QED) is 0.754. The van der Waals surface area contributed by atoms with Crippen LogP contribution >= 0.6 is 0 Å². The second-order valence-corrected chi connectivity index (χ2v) is 6.83. The van der Waals surface area contributed by atoms with Crippen molar-refractivity contribution in [2.75, 3.05) is 20.2 Å². The van der Waals surface area contributed by atoms with Crippen molar-refractivity contribution in [1.82, 2.24) is 9.88 Å². The van der Waals surface area contributed by atoms with Crippen LogP contribution in [0.3, 0.4) is 0 Å². The second-order valence-electron chi connectivity index (χ2n) is 6.83. The Hall–Kier alpha value is -2.62. The third-order valence-corrected chi connectivity index (χ3v) is 5.27. The van der Waals surface area contributed by atoms with Gasteiger partial charge in [-0.3, -0.25) is 9.78 Å². The molecule has 0 N–H and O–H groups in total. The first-order valence-electron chi connectivity index (χ1n) is 9.09. The van der Waals surface area contributed by atoms with Crippen LogP contribution in [0.5, 0.6) is 5.75 Å². The molecule has 4 heteroatoms. The third kappa shape index (κ3) is 3.96. The number of rotatable bonds is 5. The zero-order valence-electron chi connectivity index (χ0n) is 15.5. The van der Waals surface area contributed by atoms with Crippen LogP contribution in [-0.2, 0) is 4.79 Å². The lowest BCUT2D eigenvalue weighted by atomic mass is 9.83. The van der Waals surface area contributed by atoms with Crippen molar-refractivity contribution in [2.45, 2.75) is 19.8 Å². The van der Waals surface area contributed by atoms with Crippen LogP contribution in [0.2, 0.25) is 0 Å². The molecule has 2 atom stereocenters. The maximum absolute atomic E-state index is 11.6. The van der Waals surface area contributed by atoms with E-state index in [0.29, 0.717) is 11.8 Å². The van der Waals surface area contributed by atoms with Gasteiger partial charge in [-0.25, -0.2) is 0 Å². The highest BCUT2D eigenvalue weighted by Crippen LogP contribution is 2.29. The molecule has 0 radical (unpaired) electrons. The molecule has 1 aromatic heterocycles. The van der Waals surface area contributed by atoms with Gasteiger partial charge in [-0.05, 0) is 54.5 Å². The summed E-state index contributed by atoms with van der Waals surface area (Å²) >= 11 is 0. The molecule has 4 nitrogen and oxygen atoms in total. The van der Waals surface area contributed by atoms with Crippen LogP contribution in [-0.4, -0.2) is 36.0 Å². The van der Waals surface area contributed by atoms with Crippen molar-refractivity contribution in [2.24, 2.45) is 11.8 Å². The minimum atomic E-state index is 0.156. The fourth-order valence-electron chi connectivity index (χ4n) is 3.66. The van der Waals surface area contributed by atoms with E-state index in [1.165, 1.54) is 0 Å². The van der Waals surface area contributed by atoms with Crippen LogP contribution in [0, 0.1) is 11.8 Å². The first-order valence-corrected chi connectivity index (χ1v) is 9.09. The largest absolute Gasteiger partial charge is 0.497 e. The Morgan fingerprint density at radius 1 is 1.42 bits per heavy atom. The van der Waals surface area contributed by atoms with Gasteiger partial charge in [-0.1, -0.05) is 18.2 Å². The number of methoxy groups -OCH3 is 1. The van der Waals surface area contributed by atoms with Gasteiger partial charge in [0.15, 0.2) is 0 Å². The lowest BCUT2D eigenvalue weighted by Crippen LogP contribution is -2.42. The van der Waals surface area contributed by atoms with E-state index in [0.717, 1.165) is 48.1 Å². The summed E-state index contributed by atoms with van der Waals surface area (Å²) in [6.45, 7) is 7.24. The summed E-state index contributed by atoms with van der Waals surface area (Å²) in [7, 11) is 1.68. The van der Waals surface area contributed by atoms with Crippen LogP contribution in [0.4, 0.5) is 0 Å². The number of hydrogen-bond acceptors (Lipinski definition) is 3. The average molecular weight is 350 g/mol. The first kappa shape index (κ1) is 18.2. The van der Waals surface area contributed by atoms with Gasteiger partial charge < -0.3 is 9.64 Å². The number of hydrogen-bond donors (Lipinski definition) is 0. The number of amides is 1. The Bertz CT molecular complexity index is 828. The van der Waals surface area contributed by atoms with Crippen LogP contribution in [0.15, 0.2) is 49.2 Å². The molecule has 1 amide bonds. The van der Waals surface area contributed by atoms with E-state index < -0.39 is 0 Å². The zero-order chi connectivity index (χ0) is 18.5. The predicted octanol–water partition coefficient (Wildman–Crippen LogP) is 4.32. The zero-order valence-corrected chi connectivity index (χ0v) is 15.5. The van der Waals surface area contributed by atoms with Crippen molar-refractivity contribution in [1.29, 1.82) is 0 Å². The van der Waals surface area contributed by atoms with Crippen molar-refractivity contribution in [3.8, 4) is 5.75 Å². The molecule has 2 heterocycles. The van der Waals surface area contributed by atoms with E-state index >= 15 is 0 Å². The fourth-order valence-corrected chi connectivity index (χ4v) is 3.66. The van der Waals surface area contributed by atoms with Crippen LogP contribution in [0.1, 0.15) is 25.3 Å². The van der Waals surface area contributed by atoms with Crippen molar-refractivity contribution >= 4 is 22.9 Å². The van der Waals surface area contributed by atoms with Gasteiger partial charge in [-0.2, -0.15) is 0 Å². The van der Waals surface area contributed by atoms with Gasteiger partial charge in [0.05, 0.1) is 12.6 Å². The summed E-state index contributed by atoms with van der Waals surface area (Å²) in [5, 5.41) is 1.09. The van der Waals surface area contributed by atoms with Gasteiger partial charge in [-0.15, -0.1) is 6.58 Å². The summed E-state index contributed by atoms with van der Waals surface area (Å²) in [6.07, 6.45) is 10.2. The maximum atomic E-state index is 11.6. The second kappa shape index (κ2) is 8.17. The summed E-state index contributed by atoms with van der Waals surface area (Å²) in [6, 6.07) is 7.97. The van der Waals surface area contributed by atoms with E-state index in [1.54, 1.807) is 14.0 Å². The number of carbonyl (C=O) groups excluding carboxylic acids is 1. The first-order chi connectivity index (χ1) is 12.6. The molecule has 0 spiro atoms. The van der Waals surface area contributed by atoms with E-state index in [-0.39, 0.29) is 5.91 Å². The maximum Gasteiger partial charge on any atom is 0.219 e. The van der Waals surface area contributed by atoms with Gasteiger partial charge in [0.2, 0.25) is 5.91 Å². The van der Waals surface area contributed by atoms with Crippen LogP contribution < -0.4 is 4.74 Å². The van der Waals surface area contributed by atoms with Crippen LogP contribution in [0.25, 0.3) is 17.0 Å². The number of pyridine rings is 1. The number of piperidine rings is 1. The Balaban J connectivity index is 1.73. The molecular weight excluding hydrogens is 324 g/mol. The van der Waals surface area contributed by atoms with Gasteiger partial charge >= 0.3 is 0 Å². The number of ether oxygens (including phenoxy) is 1. The number of nitrogens with zero attached hydrogens (tertiary/aromatic N) is 2.